The van der Waals surface area contributed by atoms with Crippen molar-refractivity contribution >= 4 is 57.2 Å². The lowest BCUT2D eigenvalue weighted by atomic mass is 10.3. The zero-order valence-electron chi connectivity index (χ0n) is 15.4. The van der Waals surface area contributed by atoms with Crippen molar-refractivity contribution in [1.29, 1.82) is 0 Å². The highest BCUT2D eigenvalue weighted by Crippen LogP contribution is 2.36. The van der Waals surface area contributed by atoms with Crippen molar-refractivity contribution in [3.05, 3.63) is 32.4 Å². The Hall–Kier alpha value is -1.40. The molecule has 0 spiro atoms. The van der Waals surface area contributed by atoms with Crippen molar-refractivity contribution in [2.75, 3.05) is 33.5 Å². The SMILES string of the molecule is CCOc1nnc([N+]2([O-])CN(C)CC2OC(=O)COc2cc(Cl)c(Cl)c(Cl)c2)s1. The van der Waals surface area contributed by atoms with Gasteiger partial charge in [-0.3, -0.25) is 4.65 Å². The molecule has 2 atom stereocenters. The Morgan fingerprint density at radius 3 is 2.66 bits per heavy atom. The minimum absolute atomic E-state index is 0.0575. The summed E-state index contributed by atoms with van der Waals surface area (Å²) in [6.07, 6.45) is -1.02. The van der Waals surface area contributed by atoms with Gasteiger partial charge in [-0.1, -0.05) is 45.0 Å². The normalized spacial score (nSPS) is 21.9. The van der Waals surface area contributed by atoms with E-state index < -0.39 is 23.5 Å². The van der Waals surface area contributed by atoms with Crippen LogP contribution in [-0.2, 0) is 9.53 Å². The predicted molar refractivity (Wildman–Crippen MR) is 111 cm³/mol. The molecule has 0 N–H and O–H groups in total. The number of benzene rings is 1. The maximum absolute atomic E-state index is 13.4. The van der Waals surface area contributed by atoms with E-state index in [-0.39, 0.29) is 44.4 Å². The molecule has 1 aromatic carbocycles. The lowest BCUT2D eigenvalue weighted by Gasteiger charge is -2.37. The van der Waals surface area contributed by atoms with E-state index in [2.05, 4.69) is 10.2 Å². The molecule has 0 bridgehead atoms. The second-order valence-corrected chi connectivity index (χ2v) is 8.30. The van der Waals surface area contributed by atoms with Gasteiger partial charge >= 0.3 is 11.1 Å². The van der Waals surface area contributed by atoms with Gasteiger partial charge in [0, 0.05) is 23.5 Å². The van der Waals surface area contributed by atoms with Crippen molar-refractivity contribution in [3.8, 4) is 10.9 Å². The highest BCUT2D eigenvalue weighted by molar-refractivity contribution is 7.16. The van der Waals surface area contributed by atoms with Gasteiger partial charge in [0.2, 0.25) is 0 Å². The molecule has 1 aliphatic heterocycles. The molecule has 0 amide bonds. The summed E-state index contributed by atoms with van der Waals surface area (Å²) < 4.78 is 15.1. The van der Waals surface area contributed by atoms with Gasteiger partial charge in [0.25, 0.3) is 11.4 Å². The van der Waals surface area contributed by atoms with E-state index in [0.717, 1.165) is 11.3 Å². The third kappa shape index (κ3) is 5.02. The monoisotopic (exact) mass is 482 g/mol. The molecule has 0 aliphatic carbocycles. The Morgan fingerprint density at radius 2 is 2.00 bits per heavy atom. The van der Waals surface area contributed by atoms with E-state index in [1.165, 1.54) is 12.1 Å². The van der Waals surface area contributed by atoms with Crippen LogP contribution in [0.25, 0.3) is 0 Å². The number of nitrogens with zero attached hydrogens (tertiary/aromatic N) is 4. The van der Waals surface area contributed by atoms with Gasteiger partial charge in [-0.05, 0) is 14.0 Å². The number of hydrogen-bond donors (Lipinski definition) is 0. The van der Waals surface area contributed by atoms with Gasteiger partial charge in [0.1, 0.15) is 12.4 Å². The van der Waals surface area contributed by atoms with Gasteiger partial charge in [0.15, 0.2) is 6.61 Å². The third-order valence-corrected chi connectivity index (χ3v) is 6.10. The Morgan fingerprint density at radius 1 is 1.31 bits per heavy atom. The van der Waals surface area contributed by atoms with E-state index in [9.17, 15) is 10.0 Å². The lowest BCUT2D eigenvalue weighted by Crippen LogP contribution is -2.51. The average Bonchev–Trinajstić information content (AvgIpc) is 3.23. The van der Waals surface area contributed by atoms with Crippen LogP contribution in [0.5, 0.6) is 10.9 Å². The molecule has 2 heterocycles. The molecular formula is C16H17Cl3N4O5S. The van der Waals surface area contributed by atoms with Crippen LogP contribution in [0.1, 0.15) is 6.92 Å². The fraction of sp³-hybridized carbons (Fsp3) is 0.438. The minimum atomic E-state index is -1.02. The zero-order valence-corrected chi connectivity index (χ0v) is 18.5. The van der Waals surface area contributed by atoms with Gasteiger partial charge in [-0.2, -0.15) is 0 Å². The second kappa shape index (κ2) is 9.17. The van der Waals surface area contributed by atoms with E-state index >= 15 is 0 Å². The molecule has 1 aromatic heterocycles. The van der Waals surface area contributed by atoms with Crippen molar-refractivity contribution in [2.24, 2.45) is 0 Å². The number of hydroxylamine groups is 2. The Balaban J connectivity index is 1.66. The first-order valence-electron chi connectivity index (χ1n) is 8.44. The number of carbonyl (C=O) groups is 1. The highest BCUT2D eigenvalue weighted by atomic mass is 35.5. The van der Waals surface area contributed by atoms with Crippen LogP contribution in [-0.4, -0.2) is 60.8 Å². The number of aromatic nitrogens is 2. The molecule has 13 heteroatoms. The summed E-state index contributed by atoms with van der Waals surface area (Å²) in [5, 5.41) is 22.1. The molecule has 29 heavy (non-hydrogen) atoms. The summed E-state index contributed by atoms with van der Waals surface area (Å²) in [6, 6.07) is 2.85. The van der Waals surface area contributed by atoms with Crippen LogP contribution in [0.2, 0.25) is 15.1 Å². The first kappa shape index (κ1) is 22.3. The van der Waals surface area contributed by atoms with Gasteiger partial charge in [-0.25, -0.2) is 9.69 Å². The highest BCUT2D eigenvalue weighted by Gasteiger charge is 2.45. The summed E-state index contributed by atoms with van der Waals surface area (Å²) >= 11 is 18.8. The van der Waals surface area contributed by atoms with E-state index in [0.29, 0.717) is 6.61 Å². The van der Waals surface area contributed by atoms with Crippen LogP contribution >= 0.6 is 46.1 Å². The number of hydrogen-bond acceptors (Lipinski definition) is 9. The summed E-state index contributed by atoms with van der Waals surface area (Å²) in [6.45, 7) is 2.06. The molecule has 1 aliphatic rings. The minimum Gasteiger partial charge on any atom is -0.622 e. The molecule has 9 nitrogen and oxygen atoms in total. The zero-order chi connectivity index (χ0) is 21.2. The van der Waals surface area contributed by atoms with Gasteiger partial charge in [0.05, 0.1) is 28.2 Å². The lowest BCUT2D eigenvalue weighted by molar-refractivity contribution is -0.155. The van der Waals surface area contributed by atoms with Gasteiger partial charge in [-0.15, -0.1) is 0 Å². The van der Waals surface area contributed by atoms with Crippen LogP contribution in [0.15, 0.2) is 12.1 Å². The third-order valence-electron chi connectivity index (χ3n) is 3.95. The Kier molecular flexibility index (Phi) is 7.05. The molecule has 0 radical (unpaired) electrons. The van der Waals surface area contributed by atoms with Crippen LogP contribution in [0.4, 0.5) is 5.13 Å². The van der Waals surface area contributed by atoms with Crippen molar-refractivity contribution in [1.82, 2.24) is 19.7 Å². The Bertz CT molecular complexity index is 878. The molecule has 0 saturated carbocycles. The fourth-order valence-corrected chi connectivity index (χ4v) is 4.10. The van der Waals surface area contributed by atoms with Crippen molar-refractivity contribution in [3.63, 3.8) is 0 Å². The van der Waals surface area contributed by atoms with Gasteiger partial charge < -0.3 is 19.4 Å². The second-order valence-electron chi connectivity index (χ2n) is 6.19. The quantitative estimate of drug-likeness (QED) is 0.255. The van der Waals surface area contributed by atoms with E-state index in [1.54, 1.807) is 18.9 Å². The number of quaternary nitrogens is 1. The molecule has 158 valence electrons. The summed E-state index contributed by atoms with van der Waals surface area (Å²) in [4.78, 5) is 14.0. The number of halogens is 3. The first-order chi connectivity index (χ1) is 13.7. The molecule has 2 aromatic rings. The molecule has 2 unspecified atom stereocenters. The van der Waals surface area contributed by atoms with Crippen molar-refractivity contribution < 1.29 is 19.0 Å². The van der Waals surface area contributed by atoms with Crippen LogP contribution in [0, 0.1) is 5.21 Å². The maximum Gasteiger partial charge on any atom is 0.348 e. The number of likely N-dealkylation sites (N-methyl/N-ethyl adjacent to an activating group) is 1. The standard InChI is InChI=1S/C16H17Cl3N4O5S/c1-3-26-16-21-20-15(29-16)23(25)8-22(2)6-12(23)28-13(24)7-27-9-4-10(17)14(19)11(18)5-9/h4-5,12H,3,6-8H2,1-2H3. The molecule has 1 fully saturated rings. The molecular weight excluding hydrogens is 467 g/mol. The first-order valence-corrected chi connectivity index (χ1v) is 10.4. The molecule has 3 rings (SSSR count). The summed E-state index contributed by atoms with van der Waals surface area (Å²) in [5.74, 6) is -0.473. The summed E-state index contributed by atoms with van der Waals surface area (Å²) in [7, 11) is 1.75. The number of rotatable bonds is 7. The van der Waals surface area contributed by atoms with E-state index in [1.807, 2.05) is 0 Å². The van der Waals surface area contributed by atoms with Crippen LogP contribution < -0.4 is 14.1 Å². The van der Waals surface area contributed by atoms with E-state index in [4.69, 9.17) is 49.0 Å². The smallest absolute Gasteiger partial charge is 0.348 e. The number of esters is 1. The van der Waals surface area contributed by atoms with Crippen molar-refractivity contribution in [2.45, 2.75) is 13.2 Å². The molecule has 1 saturated heterocycles. The topological polar surface area (TPSA) is 96.8 Å². The predicted octanol–water partition coefficient (Wildman–Crippen LogP) is 3.55. The maximum atomic E-state index is 13.4. The average molecular weight is 484 g/mol. The number of carbonyl (C=O) groups excluding carboxylic acids is 1. The summed E-state index contributed by atoms with van der Waals surface area (Å²) in [5.41, 5.74) is 0. The number of ether oxygens (including phenoxy) is 3. The fourth-order valence-electron chi connectivity index (χ4n) is 2.69. The van der Waals surface area contributed by atoms with Crippen LogP contribution in [0.3, 0.4) is 0 Å². The largest absolute Gasteiger partial charge is 0.622 e. The Labute approximate surface area is 185 Å².